The highest BCUT2D eigenvalue weighted by Crippen LogP contribution is 2.33. The van der Waals surface area contributed by atoms with Crippen LogP contribution >= 0.6 is 11.3 Å². The number of fused-ring (bicyclic) bond motifs is 4. The number of aryl methyl sites for hydroxylation is 4. The van der Waals surface area contributed by atoms with Crippen molar-refractivity contribution in [3.05, 3.63) is 62.5 Å². The smallest absolute Gasteiger partial charge is 0.262 e. The lowest BCUT2D eigenvalue weighted by molar-refractivity contribution is -0.122. The van der Waals surface area contributed by atoms with Crippen molar-refractivity contribution in [2.24, 2.45) is 0 Å². The number of aromatic nitrogens is 2. The van der Waals surface area contributed by atoms with Gasteiger partial charge in [0.1, 0.15) is 4.83 Å². The van der Waals surface area contributed by atoms with Gasteiger partial charge in [-0.05, 0) is 55.2 Å². The van der Waals surface area contributed by atoms with Gasteiger partial charge in [0.2, 0.25) is 5.91 Å². The molecule has 5 rings (SSSR count). The van der Waals surface area contributed by atoms with Gasteiger partial charge >= 0.3 is 0 Å². The molecule has 3 aromatic rings. The van der Waals surface area contributed by atoms with Gasteiger partial charge in [0.25, 0.3) is 5.56 Å². The van der Waals surface area contributed by atoms with Crippen molar-refractivity contribution in [3.63, 3.8) is 0 Å². The van der Waals surface area contributed by atoms with Gasteiger partial charge in [-0.1, -0.05) is 24.3 Å². The summed E-state index contributed by atoms with van der Waals surface area (Å²) in [6.45, 7) is 0.368. The second kappa shape index (κ2) is 7.17. The summed E-state index contributed by atoms with van der Waals surface area (Å²) >= 11 is 1.66. The lowest BCUT2D eigenvalue weighted by Crippen LogP contribution is -2.30. The van der Waals surface area contributed by atoms with E-state index in [1.165, 1.54) is 28.0 Å². The van der Waals surface area contributed by atoms with Crippen LogP contribution in [0, 0.1) is 0 Å². The molecule has 2 heterocycles. The summed E-state index contributed by atoms with van der Waals surface area (Å²) in [5.41, 5.74) is 3.75. The molecular weight excluding hydrogens is 370 g/mol. The normalized spacial score (nSPS) is 18.1. The molecule has 1 aromatic carbocycles. The highest BCUT2D eigenvalue weighted by atomic mass is 32.1. The van der Waals surface area contributed by atoms with Gasteiger partial charge in [0.05, 0.1) is 17.8 Å². The Morgan fingerprint density at radius 3 is 3.00 bits per heavy atom. The summed E-state index contributed by atoms with van der Waals surface area (Å²) < 4.78 is 1.60. The standard InChI is InChI=1S/C22H23N3O2S/c26-19(24-17-10-9-14-5-1-2-6-15(14)17)11-12-25-13-23-21-20(22(25)27)16-7-3-4-8-18(16)28-21/h1-2,5-6,13,17H,3-4,7-12H2,(H,24,26)/t17-/m0/s1. The van der Waals surface area contributed by atoms with E-state index in [9.17, 15) is 9.59 Å². The average molecular weight is 394 g/mol. The molecule has 0 fully saturated rings. The van der Waals surface area contributed by atoms with Crippen LogP contribution in [0.3, 0.4) is 0 Å². The maximum absolute atomic E-state index is 13.0. The average Bonchev–Trinajstić information content (AvgIpc) is 3.29. The van der Waals surface area contributed by atoms with E-state index in [4.69, 9.17) is 0 Å². The van der Waals surface area contributed by atoms with Crippen LogP contribution in [-0.2, 0) is 30.6 Å². The lowest BCUT2D eigenvalue weighted by Gasteiger charge is -2.14. The molecule has 28 heavy (non-hydrogen) atoms. The largest absolute Gasteiger partial charge is 0.349 e. The van der Waals surface area contributed by atoms with Crippen LogP contribution in [0.5, 0.6) is 0 Å². The first-order chi connectivity index (χ1) is 13.7. The van der Waals surface area contributed by atoms with Gasteiger partial charge < -0.3 is 5.32 Å². The Labute approximate surface area is 167 Å². The van der Waals surface area contributed by atoms with Crippen molar-refractivity contribution >= 4 is 27.5 Å². The molecule has 0 radical (unpaired) electrons. The predicted octanol–water partition coefficient (Wildman–Crippen LogP) is 3.53. The van der Waals surface area contributed by atoms with Crippen molar-refractivity contribution in [3.8, 4) is 0 Å². The molecule has 2 aromatic heterocycles. The summed E-state index contributed by atoms with van der Waals surface area (Å²) in [6, 6.07) is 8.37. The van der Waals surface area contributed by atoms with E-state index in [-0.39, 0.29) is 23.9 Å². The number of thiophene rings is 1. The molecule has 0 unspecified atom stereocenters. The summed E-state index contributed by atoms with van der Waals surface area (Å²) in [5.74, 6) is -0.0129. The van der Waals surface area contributed by atoms with E-state index in [1.54, 1.807) is 22.2 Å². The van der Waals surface area contributed by atoms with Crippen LogP contribution in [0.1, 0.15) is 53.3 Å². The maximum Gasteiger partial charge on any atom is 0.262 e. The Balaban J connectivity index is 1.30. The second-order valence-electron chi connectivity index (χ2n) is 7.74. The number of nitrogens with one attached hydrogen (secondary N) is 1. The van der Waals surface area contributed by atoms with E-state index in [0.717, 1.165) is 42.3 Å². The van der Waals surface area contributed by atoms with Crippen molar-refractivity contribution in [1.82, 2.24) is 14.9 Å². The molecule has 1 N–H and O–H groups in total. The van der Waals surface area contributed by atoms with Gasteiger partial charge in [-0.15, -0.1) is 11.3 Å². The number of amides is 1. The monoisotopic (exact) mass is 393 g/mol. The van der Waals surface area contributed by atoms with E-state index in [0.29, 0.717) is 6.54 Å². The zero-order chi connectivity index (χ0) is 19.1. The molecule has 5 nitrogen and oxygen atoms in total. The Bertz CT molecular complexity index is 1110. The Hall–Kier alpha value is -2.47. The summed E-state index contributed by atoms with van der Waals surface area (Å²) in [4.78, 5) is 32.2. The van der Waals surface area contributed by atoms with Crippen LogP contribution in [0.4, 0.5) is 0 Å². The van der Waals surface area contributed by atoms with Gasteiger partial charge in [0.15, 0.2) is 0 Å². The SMILES string of the molecule is O=C(CCn1cnc2sc3c(c2c1=O)CCCC3)N[C@H]1CCc2ccccc21. The number of nitrogens with zero attached hydrogens (tertiary/aromatic N) is 2. The summed E-state index contributed by atoms with van der Waals surface area (Å²) in [6.07, 6.45) is 8.20. The number of carbonyl (C=O) groups excluding carboxylic acids is 1. The van der Waals surface area contributed by atoms with Crippen molar-refractivity contribution in [2.75, 3.05) is 0 Å². The van der Waals surface area contributed by atoms with Crippen LogP contribution in [0.2, 0.25) is 0 Å². The molecule has 6 heteroatoms. The van der Waals surface area contributed by atoms with Gasteiger partial charge in [-0.2, -0.15) is 0 Å². The zero-order valence-corrected chi connectivity index (χ0v) is 16.6. The highest BCUT2D eigenvalue weighted by molar-refractivity contribution is 7.18. The molecule has 0 spiro atoms. The van der Waals surface area contributed by atoms with E-state index in [1.807, 2.05) is 12.1 Å². The fourth-order valence-corrected chi connectivity index (χ4v) is 5.76. The first kappa shape index (κ1) is 17.6. The lowest BCUT2D eigenvalue weighted by atomic mass is 9.97. The minimum absolute atomic E-state index is 0.00316. The van der Waals surface area contributed by atoms with Crippen molar-refractivity contribution in [1.29, 1.82) is 0 Å². The van der Waals surface area contributed by atoms with Crippen molar-refractivity contribution < 1.29 is 4.79 Å². The van der Waals surface area contributed by atoms with Gasteiger partial charge in [-0.3, -0.25) is 14.2 Å². The molecule has 2 aliphatic rings. The number of benzene rings is 1. The molecule has 1 amide bonds. The van der Waals surface area contributed by atoms with Crippen LogP contribution in [-0.4, -0.2) is 15.5 Å². The first-order valence-corrected chi connectivity index (χ1v) is 10.9. The molecule has 0 bridgehead atoms. The van der Waals surface area contributed by atoms with Crippen molar-refractivity contribution in [2.45, 2.75) is 57.5 Å². The highest BCUT2D eigenvalue weighted by Gasteiger charge is 2.24. The molecule has 0 saturated carbocycles. The third-order valence-electron chi connectivity index (χ3n) is 5.99. The zero-order valence-electron chi connectivity index (χ0n) is 15.7. The molecular formula is C22H23N3O2S. The van der Waals surface area contributed by atoms with E-state index >= 15 is 0 Å². The number of hydrogen-bond donors (Lipinski definition) is 1. The number of carbonyl (C=O) groups is 1. The minimum atomic E-state index is -0.0129. The molecule has 0 aliphatic heterocycles. The van der Waals surface area contributed by atoms with Crippen LogP contribution in [0.25, 0.3) is 10.2 Å². The minimum Gasteiger partial charge on any atom is -0.349 e. The van der Waals surface area contributed by atoms with Gasteiger partial charge in [0, 0.05) is 17.8 Å². The number of hydrogen-bond acceptors (Lipinski definition) is 4. The van der Waals surface area contributed by atoms with Crippen LogP contribution in [0.15, 0.2) is 35.4 Å². The number of rotatable bonds is 4. The van der Waals surface area contributed by atoms with Gasteiger partial charge in [-0.25, -0.2) is 4.98 Å². The molecule has 0 saturated heterocycles. The third-order valence-corrected chi connectivity index (χ3v) is 7.19. The summed E-state index contributed by atoms with van der Waals surface area (Å²) in [7, 11) is 0. The predicted molar refractivity (Wildman–Crippen MR) is 111 cm³/mol. The quantitative estimate of drug-likeness (QED) is 0.737. The fraction of sp³-hybridized carbons (Fsp3) is 0.409. The molecule has 144 valence electrons. The molecule has 2 aliphatic carbocycles. The fourth-order valence-electron chi connectivity index (χ4n) is 4.54. The topological polar surface area (TPSA) is 64.0 Å². The van der Waals surface area contributed by atoms with E-state index in [2.05, 4.69) is 22.4 Å². The second-order valence-corrected chi connectivity index (χ2v) is 8.83. The van der Waals surface area contributed by atoms with E-state index < -0.39 is 0 Å². The first-order valence-electron chi connectivity index (χ1n) is 10.1. The summed E-state index contributed by atoms with van der Waals surface area (Å²) in [5, 5.41) is 3.92. The maximum atomic E-state index is 13.0. The Morgan fingerprint density at radius 1 is 1.21 bits per heavy atom. The molecule has 1 atom stereocenters. The Kier molecular flexibility index (Phi) is 4.51. The van der Waals surface area contributed by atoms with Crippen LogP contribution < -0.4 is 10.9 Å². The third kappa shape index (κ3) is 3.05. The Morgan fingerprint density at radius 2 is 2.07 bits per heavy atom.